The van der Waals surface area contributed by atoms with Crippen molar-refractivity contribution in [2.45, 2.75) is 44.4 Å². The van der Waals surface area contributed by atoms with Crippen LogP contribution in [0.15, 0.2) is 16.8 Å². The highest BCUT2D eigenvalue weighted by Crippen LogP contribution is 2.44. The first-order chi connectivity index (χ1) is 6.71. The molecule has 1 saturated carbocycles. The SMILES string of the molecule is CC1(C(Cl)Cc2ccsc2)CCCC1. The zero-order valence-corrected chi connectivity index (χ0v) is 10.2. The Morgan fingerprint density at radius 2 is 2.21 bits per heavy atom. The van der Waals surface area contributed by atoms with Crippen molar-refractivity contribution in [1.82, 2.24) is 0 Å². The molecule has 14 heavy (non-hydrogen) atoms. The summed E-state index contributed by atoms with van der Waals surface area (Å²) in [5.41, 5.74) is 1.80. The van der Waals surface area contributed by atoms with Gasteiger partial charge in [0.15, 0.2) is 0 Å². The second-order valence-electron chi connectivity index (χ2n) is 4.66. The molecule has 0 nitrogen and oxygen atoms in total. The molecule has 1 unspecified atom stereocenters. The van der Waals surface area contributed by atoms with Crippen LogP contribution in [0.2, 0.25) is 0 Å². The molecule has 0 amide bonds. The van der Waals surface area contributed by atoms with Crippen molar-refractivity contribution in [3.8, 4) is 0 Å². The van der Waals surface area contributed by atoms with Crippen LogP contribution in [0.3, 0.4) is 0 Å². The summed E-state index contributed by atoms with van der Waals surface area (Å²) in [6.07, 6.45) is 6.39. The fraction of sp³-hybridized carbons (Fsp3) is 0.667. The highest BCUT2D eigenvalue weighted by molar-refractivity contribution is 7.07. The second-order valence-corrected chi connectivity index (χ2v) is 5.97. The number of hydrogen-bond donors (Lipinski definition) is 0. The van der Waals surface area contributed by atoms with Gasteiger partial charge in [-0.2, -0.15) is 11.3 Å². The van der Waals surface area contributed by atoms with E-state index in [2.05, 4.69) is 23.8 Å². The smallest absolute Gasteiger partial charge is 0.0430 e. The lowest BCUT2D eigenvalue weighted by molar-refractivity contribution is 0.316. The van der Waals surface area contributed by atoms with Gasteiger partial charge in [-0.1, -0.05) is 19.8 Å². The molecular formula is C12H17ClS. The average Bonchev–Trinajstić information content (AvgIpc) is 2.76. The third-order valence-electron chi connectivity index (χ3n) is 3.50. The summed E-state index contributed by atoms with van der Waals surface area (Å²) in [4.78, 5) is 0. The maximum absolute atomic E-state index is 6.52. The van der Waals surface area contributed by atoms with Gasteiger partial charge in [-0.25, -0.2) is 0 Å². The average molecular weight is 229 g/mol. The maximum atomic E-state index is 6.52. The molecule has 0 aromatic carbocycles. The van der Waals surface area contributed by atoms with Crippen LogP contribution in [0.5, 0.6) is 0 Å². The van der Waals surface area contributed by atoms with Crippen LogP contribution in [0.1, 0.15) is 38.2 Å². The standard InChI is InChI=1S/C12H17ClS/c1-12(5-2-3-6-12)11(13)8-10-4-7-14-9-10/h4,7,9,11H,2-3,5-6,8H2,1H3. The molecular weight excluding hydrogens is 212 g/mol. The molecule has 1 heterocycles. The van der Waals surface area contributed by atoms with Crippen molar-refractivity contribution in [2.75, 3.05) is 0 Å². The van der Waals surface area contributed by atoms with Crippen LogP contribution in [0.25, 0.3) is 0 Å². The lowest BCUT2D eigenvalue weighted by Crippen LogP contribution is -2.26. The van der Waals surface area contributed by atoms with E-state index in [9.17, 15) is 0 Å². The van der Waals surface area contributed by atoms with E-state index in [0.29, 0.717) is 10.8 Å². The van der Waals surface area contributed by atoms with Crippen molar-refractivity contribution < 1.29 is 0 Å². The minimum atomic E-state index is 0.319. The highest BCUT2D eigenvalue weighted by atomic mass is 35.5. The molecule has 1 aliphatic rings. The molecule has 0 N–H and O–H groups in total. The molecule has 78 valence electrons. The van der Waals surface area contributed by atoms with Crippen LogP contribution in [-0.4, -0.2) is 5.38 Å². The molecule has 0 spiro atoms. The third kappa shape index (κ3) is 2.14. The fourth-order valence-corrected chi connectivity index (χ4v) is 3.44. The minimum absolute atomic E-state index is 0.319. The topological polar surface area (TPSA) is 0 Å². The van der Waals surface area contributed by atoms with E-state index in [-0.39, 0.29) is 0 Å². The van der Waals surface area contributed by atoms with Gasteiger partial charge in [0.25, 0.3) is 0 Å². The van der Waals surface area contributed by atoms with E-state index in [1.54, 1.807) is 11.3 Å². The first-order valence-electron chi connectivity index (χ1n) is 5.36. The molecule has 1 aromatic rings. The summed E-state index contributed by atoms with van der Waals surface area (Å²) in [5, 5.41) is 4.67. The van der Waals surface area contributed by atoms with Crippen LogP contribution in [-0.2, 0) is 6.42 Å². The van der Waals surface area contributed by atoms with Crippen molar-refractivity contribution >= 4 is 22.9 Å². The van der Waals surface area contributed by atoms with Crippen molar-refractivity contribution in [3.05, 3.63) is 22.4 Å². The van der Waals surface area contributed by atoms with Crippen LogP contribution < -0.4 is 0 Å². The van der Waals surface area contributed by atoms with E-state index in [4.69, 9.17) is 11.6 Å². The Bertz CT molecular complexity index is 273. The molecule has 0 bridgehead atoms. The lowest BCUT2D eigenvalue weighted by atomic mass is 9.82. The van der Waals surface area contributed by atoms with Gasteiger partial charge in [0.1, 0.15) is 0 Å². The first-order valence-corrected chi connectivity index (χ1v) is 6.74. The summed E-state index contributed by atoms with van der Waals surface area (Å²) < 4.78 is 0. The number of halogens is 1. The Hall–Kier alpha value is -0.0100. The van der Waals surface area contributed by atoms with Gasteiger partial charge in [-0.3, -0.25) is 0 Å². The maximum Gasteiger partial charge on any atom is 0.0430 e. The van der Waals surface area contributed by atoms with E-state index in [0.717, 1.165) is 6.42 Å². The van der Waals surface area contributed by atoms with Gasteiger partial charge in [-0.15, -0.1) is 11.6 Å². The van der Waals surface area contributed by atoms with Crippen LogP contribution in [0.4, 0.5) is 0 Å². The van der Waals surface area contributed by atoms with Crippen molar-refractivity contribution in [2.24, 2.45) is 5.41 Å². The monoisotopic (exact) mass is 228 g/mol. The molecule has 1 aromatic heterocycles. The van der Waals surface area contributed by atoms with E-state index >= 15 is 0 Å². The van der Waals surface area contributed by atoms with E-state index in [1.807, 2.05) is 0 Å². The van der Waals surface area contributed by atoms with Crippen molar-refractivity contribution in [3.63, 3.8) is 0 Å². The Kier molecular flexibility index (Phi) is 3.18. The molecule has 2 rings (SSSR count). The third-order valence-corrected chi connectivity index (χ3v) is 4.91. The van der Waals surface area contributed by atoms with Crippen LogP contribution in [0, 0.1) is 5.41 Å². The predicted octanol–water partition coefficient (Wildman–Crippen LogP) is 4.48. The van der Waals surface area contributed by atoms with Crippen molar-refractivity contribution in [1.29, 1.82) is 0 Å². The summed E-state index contributed by atoms with van der Waals surface area (Å²) in [5.74, 6) is 0. The Morgan fingerprint density at radius 1 is 1.50 bits per heavy atom. The Morgan fingerprint density at radius 3 is 2.79 bits per heavy atom. The normalized spacial score (nSPS) is 22.4. The molecule has 0 saturated heterocycles. The summed E-state index contributed by atoms with van der Waals surface area (Å²) in [7, 11) is 0. The Balaban J connectivity index is 1.98. The van der Waals surface area contributed by atoms with Gasteiger partial charge in [-0.05, 0) is 47.1 Å². The molecule has 1 atom stereocenters. The Labute approximate surface area is 95.3 Å². The second kappa shape index (κ2) is 4.24. The van der Waals surface area contributed by atoms with Crippen LogP contribution >= 0.6 is 22.9 Å². The summed E-state index contributed by atoms with van der Waals surface area (Å²) >= 11 is 8.29. The number of rotatable bonds is 3. The largest absolute Gasteiger partial charge is 0.152 e. The molecule has 2 heteroatoms. The van der Waals surface area contributed by atoms with Gasteiger partial charge in [0.2, 0.25) is 0 Å². The van der Waals surface area contributed by atoms with Gasteiger partial charge in [0, 0.05) is 5.38 Å². The molecule has 0 radical (unpaired) electrons. The minimum Gasteiger partial charge on any atom is -0.152 e. The van der Waals surface area contributed by atoms with Gasteiger partial charge < -0.3 is 0 Å². The molecule has 0 aliphatic heterocycles. The summed E-state index contributed by atoms with van der Waals surface area (Å²) in [6.45, 7) is 2.35. The van der Waals surface area contributed by atoms with Gasteiger partial charge >= 0.3 is 0 Å². The fourth-order valence-electron chi connectivity index (χ4n) is 2.36. The summed E-state index contributed by atoms with van der Waals surface area (Å²) in [6, 6.07) is 2.19. The zero-order chi connectivity index (χ0) is 10.0. The highest BCUT2D eigenvalue weighted by Gasteiger charge is 2.35. The predicted molar refractivity (Wildman–Crippen MR) is 64.2 cm³/mol. The van der Waals surface area contributed by atoms with E-state index in [1.165, 1.54) is 31.2 Å². The van der Waals surface area contributed by atoms with Gasteiger partial charge in [0.05, 0.1) is 0 Å². The molecule has 1 aliphatic carbocycles. The zero-order valence-electron chi connectivity index (χ0n) is 8.63. The molecule has 1 fully saturated rings. The number of thiophene rings is 1. The quantitative estimate of drug-likeness (QED) is 0.670. The van der Waals surface area contributed by atoms with E-state index < -0.39 is 0 Å². The number of alkyl halides is 1. The number of hydrogen-bond acceptors (Lipinski definition) is 1. The first kappa shape index (κ1) is 10.5. The lowest BCUT2D eigenvalue weighted by Gasteiger charge is -2.29.